The van der Waals surface area contributed by atoms with E-state index in [1.807, 2.05) is 44.2 Å². The first-order valence-corrected chi connectivity index (χ1v) is 8.57. The summed E-state index contributed by atoms with van der Waals surface area (Å²) in [4.78, 5) is 28.5. The summed E-state index contributed by atoms with van der Waals surface area (Å²) >= 11 is 0. The van der Waals surface area contributed by atoms with Crippen molar-refractivity contribution in [3.63, 3.8) is 0 Å². The zero-order valence-electron chi connectivity index (χ0n) is 15.3. The summed E-state index contributed by atoms with van der Waals surface area (Å²) in [5.74, 6) is -0.243. The van der Waals surface area contributed by atoms with Crippen molar-refractivity contribution in [2.75, 3.05) is 25.0 Å². The molecule has 0 spiro atoms. The summed E-state index contributed by atoms with van der Waals surface area (Å²) in [5.41, 5.74) is -0.0297. The number of carbonyl (C=O) groups excluding carboxylic acids is 2. The minimum absolute atomic E-state index is 0.00607. The van der Waals surface area contributed by atoms with E-state index in [1.54, 1.807) is 23.8 Å². The molecule has 0 bridgehead atoms. The van der Waals surface area contributed by atoms with Crippen molar-refractivity contribution < 1.29 is 9.59 Å². The molecule has 1 heterocycles. The summed E-state index contributed by atoms with van der Waals surface area (Å²) in [6.45, 7) is 6.23. The monoisotopic (exact) mass is 342 g/mol. The molecule has 1 N–H and O–H groups in total. The SMILES string of the molecule is CC(C)[C@](C)(C#N)NC(=O)CN(C)[C@H]1CCN(c2ccccc2)C1=O. The molecule has 6 nitrogen and oxygen atoms in total. The number of nitriles is 1. The number of likely N-dealkylation sites (N-methyl/N-ethyl adjacent to an activating group) is 1. The van der Waals surface area contributed by atoms with E-state index in [0.29, 0.717) is 13.0 Å². The molecule has 2 atom stereocenters. The van der Waals surface area contributed by atoms with Gasteiger partial charge >= 0.3 is 0 Å². The number of hydrogen-bond acceptors (Lipinski definition) is 4. The van der Waals surface area contributed by atoms with Gasteiger partial charge in [-0.25, -0.2) is 0 Å². The number of para-hydroxylation sites is 1. The van der Waals surface area contributed by atoms with Crippen LogP contribution in [0.25, 0.3) is 0 Å². The first-order valence-electron chi connectivity index (χ1n) is 8.57. The second kappa shape index (κ2) is 7.66. The number of rotatable bonds is 6. The number of carbonyl (C=O) groups is 2. The van der Waals surface area contributed by atoms with Gasteiger partial charge in [-0.3, -0.25) is 14.5 Å². The van der Waals surface area contributed by atoms with Gasteiger partial charge in [-0.15, -0.1) is 0 Å². The third-order valence-electron chi connectivity index (χ3n) is 4.96. The van der Waals surface area contributed by atoms with Crippen LogP contribution in [-0.2, 0) is 9.59 Å². The average molecular weight is 342 g/mol. The van der Waals surface area contributed by atoms with Gasteiger partial charge in [0, 0.05) is 12.2 Å². The quantitative estimate of drug-likeness (QED) is 0.855. The number of anilines is 1. The summed E-state index contributed by atoms with van der Waals surface area (Å²) in [6, 6.07) is 11.4. The minimum atomic E-state index is -0.909. The lowest BCUT2D eigenvalue weighted by molar-refractivity contribution is -0.126. The van der Waals surface area contributed by atoms with E-state index in [9.17, 15) is 14.9 Å². The third-order valence-corrected chi connectivity index (χ3v) is 4.96. The zero-order valence-corrected chi connectivity index (χ0v) is 15.3. The maximum atomic E-state index is 12.7. The van der Waals surface area contributed by atoms with Crippen LogP contribution >= 0.6 is 0 Å². The van der Waals surface area contributed by atoms with Crippen molar-refractivity contribution in [2.45, 2.75) is 38.8 Å². The van der Waals surface area contributed by atoms with Gasteiger partial charge < -0.3 is 10.2 Å². The Kier molecular flexibility index (Phi) is 5.81. The summed E-state index contributed by atoms with van der Waals surface area (Å²) in [6.07, 6.45) is 0.678. The number of benzene rings is 1. The van der Waals surface area contributed by atoms with Crippen LogP contribution in [0, 0.1) is 17.2 Å². The Hall–Kier alpha value is -2.39. The summed E-state index contributed by atoms with van der Waals surface area (Å²) in [5, 5.41) is 12.1. The second-order valence-corrected chi connectivity index (χ2v) is 7.06. The van der Waals surface area contributed by atoms with Crippen molar-refractivity contribution in [2.24, 2.45) is 5.92 Å². The number of nitrogens with one attached hydrogen (secondary N) is 1. The van der Waals surface area contributed by atoms with Crippen molar-refractivity contribution in [1.29, 1.82) is 5.26 Å². The molecule has 6 heteroatoms. The Morgan fingerprint density at radius 1 is 1.44 bits per heavy atom. The van der Waals surface area contributed by atoms with Crippen LogP contribution in [0.5, 0.6) is 0 Å². The standard InChI is InChI=1S/C19H26N4O2/c1-14(2)19(3,13-20)21-17(24)12-22(4)16-10-11-23(18(16)25)15-8-6-5-7-9-15/h5-9,14,16H,10-12H2,1-4H3,(H,21,24)/t16-,19-/m0/s1. The highest BCUT2D eigenvalue weighted by Gasteiger charge is 2.37. The molecule has 2 amide bonds. The lowest BCUT2D eigenvalue weighted by Gasteiger charge is -2.29. The van der Waals surface area contributed by atoms with Crippen LogP contribution < -0.4 is 10.2 Å². The van der Waals surface area contributed by atoms with Crippen LogP contribution in [0.4, 0.5) is 5.69 Å². The summed E-state index contributed by atoms with van der Waals surface area (Å²) in [7, 11) is 1.77. The third kappa shape index (κ3) is 4.18. The Labute approximate surface area is 149 Å². The molecule has 134 valence electrons. The van der Waals surface area contributed by atoms with Gasteiger partial charge in [-0.1, -0.05) is 32.0 Å². The Balaban J connectivity index is 1.98. The highest BCUT2D eigenvalue weighted by molar-refractivity contribution is 5.99. The second-order valence-electron chi connectivity index (χ2n) is 7.06. The van der Waals surface area contributed by atoms with Crippen molar-refractivity contribution in [3.8, 4) is 6.07 Å². The molecule has 25 heavy (non-hydrogen) atoms. The van der Waals surface area contributed by atoms with E-state index >= 15 is 0 Å². The molecule has 1 saturated heterocycles. The van der Waals surface area contributed by atoms with Crippen molar-refractivity contribution >= 4 is 17.5 Å². The van der Waals surface area contributed by atoms with E-state index in [-0.39, 0.29) is 30.3 Å². The molecular formula is C19H26N4O2. The largest absolute Gasteiger partial charge is 0.337 e. The van der Waals surface area contributed by atoms with E-state index in [0.717, 1.165) is 5.69 Å². The zero-order chi connectivity index (χ0) is 18.6. The highest BCUT2D eigenvalue weighted by Crippen LogP contribution is 2.23. The molecule has 1 aliphatic rings. The molecule has 1 aliphatic heterocycles. The number of amides is 2. The van der Waals surface area contributed by atoms with Gasteiger partial charge in [0.25, 0.3) is 0 Å². The van der Waals surface area contributed by atoms with E-state index < -0.39 is 5.54 Å². The molecule has 2 rings (SSSR count). The maximum Gasteiger partial charge on any atom is 0.244 e. The fraction of sp³-hybridized carbons (Fsp3) is 0.526. The van der Waals surface area contributed by atoms with Crippen LogP contribution in [0.2, 0.25) is 0 Å². The van der Waals surface area contributed by atoms with Crippen LogP contribution in [0.3, 0.4) is 0 Å². The van der Waals surface area contributed by atoms with Crippen molar-refractivity contribution in [3.05, 3.63) is 30.3 Å². The maximum absolute atomic E-state index is 12.7. The van der Waals surface area contributed by atoms with Gasteiger partial charge in [-0.05, 0) is 38.4 Å². The number of nitrogens with zero attached hydrogens (tertiary/aromatic N) is 3. The average Bonchev–Trinajstić information content (AvgIpc) is 2.96. The van der Waals surface area contributed by atoms with Gasteiger partial charge in [0.05, 0.1) is 18.7 Å². The Morgan fingerprint density at radius 3 is 2.64 bits per heavy atom. The summed E-state index contributed by atoms with van der Waals surface area (Å²) < 4.78 is 0. The van der Waals surface area contributed by atoms with E-state index in [4.69, 9.17) is 0 Å². The van der Waals surface area contributed by atoms with Gasteiger partial charge in [0.2, 0.25) is 11.8 Å². The van der Waals surface area contributed by atoms with Gasteiger partial charge in [0.15, 0.2) is 0 Å². The predicted octanol–water partition coefficient (Wildman–Crippen LogP) is 1.78. The molecule has 0 radical (unpaired) electrons. The smallest absolute Gasteiger partial charge is 0.244 e. The Bertz CT molecular complexity index is 668. The van der Waals surface area contributed by atoms with Crippen LogP contribution in [0.15, 0.2) is 30.3 Å². The molecule has 1 fully saturated rings. The fourth-order valence-electron chi connectivity index (χ4n) is 2.91. The first-order chi connectivity index (χ1) is 11.8. The molecule has 0 aliphatic carbocycles. The van der Waals surface area contributed by atoms with E-state index in [1.165, 1.54) is 0 Å². The first kappa shape index (κ1) is 18.9. The van der Waals surface area contributed by atoms with Crippen molar-refractivity contribution in [1.82, 2.24) is 10.2 Å². The molecule has 0 saturated carbocycles. The molecule has 1 aromatic carbocycles. The fourth-order valence-corrected chi connectivity index (χ4v) is 2.91. The molecule has 0 aromatic heterocycles. The van der Waals surface area contributed by atoms with Crippen LogP contribution in [0.1, 0.15) is 27.2 Å². The molecule has 0 unspecified atom stereocenters. The minimum Gasteiger partial charge on any atom is -0.337 e. The Morgan fingerprint density at radius 2 is 2.08 bits per heavy atom. The van der Waals surface area contributed by atoms with Crippen LogP contribution in [-0.4, -0.2) is 48.4 Å². The lowest BCUT2D eigenvalue weighted by atomic mass is 9.90. The molecular weight excluding hydrogens is 316 g/mol. The topological polar surface area (TPSA) is 76.4 Å². The predicted molar refractivity (Wildman–Crippen MR) is 96.8 cm³/mol. The lowest BCUT2D eigenvalue weighted by Crippen LogP contribution is -2.53. The van der Waals surface area contributed by atoms with Gasteiger partial charge in [-0.2, -0.15) is 5.26 Å². The number of hydrogen-bond donors (Lipinski definition) is 1. The molecule has 1 aromatic rings. The normalized spacial score (nSPS) is 19.8. The van der Waals surface area contributed by atoms with Gasteiger partial charge in [0.1, 0.15) is 5.54 Å². The highest BCUT2D eigenvalue weighted by atomic mass is 16.2. The van der Waals surface area contributed by atoms with E-state index in [2.05, 4.69) is 11.4 Å².